The van der Waals surface area contributed by atoms with E-state index in [0.29, 0.717) is 5.13 Å². The van der Waals surface area contributed by atoms with Gasteiger partial charge in [0.25, 0.3) is 0 Å². The summed E-state index contributed by atoms with van der Waals surface area (Å²) in [5.74, 6) is -0.178. The molecular formula is C19H17N5OS. The van der Waals surface area contributed by atoms with Crippen LogP contribution in [0.1, 0.15) is 12.5 Å². The molecule has 2 heterocycles. The van der Waals surface area contributed by atoms with E-state index in [1.807, 2.05) is 29.6 Å². The number of rotatable bonds is 5. The molecule has 2 aromatic heterocycles. The average Bonchev–Trinajstić information content (AvgIpc) is 3.29. The number of fused-ring (bicyclic) bond motifs is 1. The molecule has 0 aliphatic rings. The Hall–Kier alpha value is -3.06. The molecule has 0 saturated carbocycles. The molecule has 130 valence electrons. The number of nitrogens with zero attached hydrogens (tertiary/aromatic N) is 4. The van der Waals surface area contributed by atoms with Crippen LogP contribution in [0.15, 0.2) is 53.9 Å². The van der Waals surface area contributed by atoms with Crippen molar-refractivity contribution in [2.24, 2.45) is 0 Å². The molecule has 7 heteroatoms. The van der Waals surface area contributed by atoms with E-state index >= 15 is 0 Å². The molecule has 0 atom stereocenters. The molecular weight excluding hydrogens is 346 g/mol. The van der Waals surface area contributed by atoms with Gasteiger partial charge in [0.05, 0.1) is 11.2 Å². The molecule has 1 amide bonds. The van der Waals surface area contributed by atoms with E-state index in [-0.39, 0.29) is 12.5 Å². The molecule has 0 bridgehead atoms. The van der Waals surface area contributed by atoms with Crippen molar-refractivity contribution in [2.45, 2.75) is 19.9 Å². The van der Waals surface area contributed by atoms with Crippen molar-refractivity contribution in [3.63, 3.8) is 0 Å². The van der Waals surface area contributed by atoms with Gasteiger partial charge in [-0.25, -0.2) is 9.67 Å². The van der Waals surface area contributed by atoms with Gasteiger partial charge >= 0.3 is 0 Å². The summed E-state index contributed by atoms with van der Waals surface area (Å²) in [6, 6.07) is 15.9. The molecule has 6 nitrogen and oxygen atoms in total. The van der Waals surface area contributed by atoms with Crippen LogP contribution in [0.25, 0.3) is 22.3 Å². The highest BCUT2D eigenvalue weighted by Gasteiger charge is 2.11. The molecule has 0 aliphatic heterocycles. The minimum Gasteiger partial charge on any atom is -0.300 e. The highest BCUT2D eigenvalue weighted by molar-refractivity contribution is 7.14. The number of carbonyl (C=O) groups excluding carboxylic acids is 1. The van der Waals surface area contributed by atoms with E-state index in [1.165, 1.54) is 16.9 Å². The summed E-state index contributed by atoms with van der Waals surface area (Å²) in [4.78, 5) is 16.8. The maximum absolute atomic E-state index is 12.3. The summed E-state index contributed by atoms with van der Waals surface area (Å²) in [5.41, 5.74) is 4.80. The zero-order valence-corrected chi connectivity index (χ0v) is 15.0. The maximum Gasteiger partial charge on any atom is 0.247 e. The lowest BCUT2D eigenvalue weighted by molar-refractivity contribution is -0.116. The highest BCUT2D eigenvalue weighted by atomic mass is 32.1. The number of anilines is 1. The largest absolute Gasteiger partial charge is 0.300 e. The van der Waals surface area contributed by atoms with Crippen LogP contribution in [-0.4, -0.2) is 25.9 Å². The third kappa shape index (κ3) is 3.34. The standard InChI is InChI=1S/C19H17N5OS/c1-2-13-7-9-14(10-8-13)16-12-26-19(20-16)21-18(25)11-24-17-6-4-3-5-15(17)22-23-24/h3-10,12H,2,11H2,1H3,(H,20,21,25). The van der Waals surface area contributed by atoms with Crippen LogP contribution >= 0.6 is 11.3 Å². The number of carbonyl (C=O) groups is 1. The first-order chi connectivity index (χ1) is 12.7. The van der Waals surface area contributed by atoms with Crippen LogP contribution in [0, 0.1) is 0 Å². The Balaban J connectivity index is 1.45. The predicted octanol–water partition coefficient (Wildman–Crippen LogP) is 3.76. The van der Waals surface area contributed by atoms with Crippen LogP contribution in [-0.2, 0) is 17.8 Å². The van der Waals surface area contributed by atoms with E-state index in [9.17, 15) is 4.79 Å². The lowest BCUT2D eigenvalue weighted by atomic mass is 10.1. The monoisotopic (exact) mass is 363 g/mol. The van der Waals surface area contributed by atoms with Crippen LogP contribution in [0.5, 0.6) is 0 Å². The Kier molecular flexibility index (Phi) is 4.45. The van der Waals surface area contributed by atoms with Gasteiger partial charge in [0, 0.05) is 10.9 Å². The average molecular weight is 363 g/mol. The number of aromatic nitrogens is 4. The lowest BCUT2D eigenvalue weighted by Crippen LogP contribution is -2.19. The number of benzene rings is 2. The Morgan fingerprint density at radius 1 is 1.15 bits per heavy atom. The van der Waals surface area contributed by atoms with Crippen molar-refractivity contribution in [3.8, 4) is 11.3 Å². The summed E-state index contributed by atoms with van der Waals surface area (Å²) < 4.78 is 1.59. The number of aryl methyl sites for hydroxylation is 1. The van der Waals surface area contributed by atoms with E-state index < -0.39 is 0 Å². The van der Waals surface area contributed by atoms with Crippen molar-refractivity contribution < 1.29 is 4.79 Å². The minimum absolute atomic E-state index is 0.0978. The first-order valence-electron chi connectivity index (χ1n) is 8.36. The summed E-state index contributed by atoms with van der Waals surface area (Å²) in [7, 11) is 0. The first-order valence-corrected chi connectivity index (χ1v) is 9.24. The van der Waals surface area contributed by atoms with Gasteiger partial charge in [-0.15, -0.1) is 16.4 Å². The highest BCUT2D eigenvalue weighted by Crippen LogP contribution is 2.25. The SMILES string of the molecule is CCc1ccc(-c2csc(NC(=O)Cn3nnc4ccccc43)n2)cc1. The van der Waals surface area contributed by atoms with E-state index in [2.05, 4.69) is 51.8 Å². The number of hydrogen-bond donors (Lipinski definition) is 1. The van der Waals surface area contributed by atoms with E-state index in [1.54, 1.807) is 4.68 Å². The number of hydrogen-bond acceptors (Lipinski definition) is 5. The van der Waals surface area contributed by atoms with Gasteiger partial charge in [-0.1, -0.05) is 48.5 Å². The van der Waals surface area contributed by atoms with Crippen molar-refractivity contribution in [3.05, 3.63) is 59.5 Å². The number of thiazole rings is 1. The maximum atomic E-state index is 12.3. The van der Waals surface area contributed by atoms with Crippen LogP contribution < -0.4 is 5.32 Å². The second-order valence-corrected chi connectivity index (χ2v) is 6.73. The fourth-order valence-electron chi connectivity index (χ4n) is 2.70. The fraction of sp³-hybridized carbons (Fsp3) is 0.158. The molecule has 4 aromatic rings. The van der Waals surface area contributed by atoms with Gasteiger partial charge in [-0.2, -0.15) is 0 Å². The second-order valence-electron chi connectivity index (χ2n) is 5.87. The molecule has 0 radical (unpaired) electrons. The molecule has 0 unspecified atom stereocenters. The molecule has 0 fully saturated rings. The summed E-state index contributed by atoms with van der Waals surface area (Å²) >= 11 is 1.41. The zero-order chi connectivity index (χ0) is 17.9. The lowest BCUT2D eigenvalue weighted by Gasteiger charge is -2.03. The number of para-hydroxylation sites is 1. The Morgan fingerprint density at radius 3 is 2.77 bits per heavy atom. The second kappa shape index (κ2) is 7.05. The van der Waals surface area contributed by atoms with Gasteiger partial charge in [-0.3, -0.25) is 4.79 Å². The van der Waals surface area contributed by atoms with Crippen molar-refractivity contribution in [1.82, 2.24) is 20.0 Å². The van der Waals surface area contributed by atoms with Crippen molar-refractivity contribution >= 4 is 33.4 Å². The van der Waals surface area contributed by atoms with Crippen LogP contribution in [0.3, 0.4) is 0 Å². The molecule has 0 saturated heterocycles. The third-order valence-electron chi connectivity index (χ3n) is 4.12. The molecule has 2 aromatic carbocycles. The van der Waals surface area contributed by atoms with E-state index in [0.717, 1.165) is 28.7 Å². The number of nitrogens with one attached hydrogen (secondary N) is 1. The first kappa shape index (κ1) is 16.4. The smallest absolute Gasteiger partial charge is 0.247 e. The zero-order valence-electron chi connectivity index (χ0n) is 14.2. The molecule has 1 N–H and O–H groups in total. The predicted molar refractivity (Wildman–Crippen MR) is 103 cm³/mol. The topological polar surface area (TPSA) is 72.7 Å². The van der Waals surface area contributed by atoms with Gasteiger partial charge in [-0.05, 0) is 24.1 Å². The van der Waals surface area contributed by atoms with Gasteiger partial charge in [0.2, 0.25) is 5.91 Å². The van der Waals surface area contributed by atoms with Crippen LogP contribution in [0.4, 0.5) is 5.13 Å². The minimum atomic E-state index is -0.178. The van der Waals surface area contributed by atoms with Gasteiger partial charge in [0.15, 0.2) is 5.13 Å². The Bertz CT molecular complexity index is 1050. The molecule has 4 rings (SSSR count). The normalized spacial score (nSPS) is 11.0. The van der Waals surface area contributed by atoms with Crippen LogP contribution in [0.2, 0.25) is 0 Å². The summed E-state index contributed by atoms with van der Waals surface area (Å²) in [6.07, 6.45) is 1.01. The fourth-order valence-corrected chi connectivity index (χ4v) is 3.44. The van der Waals surface area contributed by atoms with E-state index in [4.69, 9.17) is 0 Å². The molecule has 0 spiro atoms. The quantitative estimate of drug-likeness (QED) is 0.586. The number of amides is 1. The molecule has 26 heavy (non-hydrogen) atoms. The van der Waals surface area contributed by atoms with Crippen molar-refractivity contribution in [2.75, 3.05) is 5.32 Å². The Morgan fingerprint density at radius 2 is 1.96 bits per heavy atom. The van der Waals surface area contributed by atoms with Gasteiger partial charge in [0.1, 0.15) is 12.1 Å². The Labute approximate surface area is 154 Å². The summed E-state index contributed by atoms with van der Waals surface area (Å²) in [6.45, 7) is 2.23. The third-order valence-corrected chi connectivity index (χ3v) is 4.88. The van der Waals surface area contributed by atoms with Crippen molar-refractivity contribution in [1.29, 1.82) is 0 Å². The van der Waals surface area contributed by atoms with Gasteiger partial charge < -0.3 is 5.32 Å². The summed E-state index contributed by atoms with van der Waals surface area (Å²) in [5, 5.41) is 13.5. The molecule has 0 aliphatic carbocycles.